The van der Waals surface area contributed by atoms with Crippen LogP contribution in [0, 0.1) is 0 Å². The number of benzene rings is 1. The Morgan fingerprint density at radius 1 is 1.07 bits per heavy atom. The first-order valence-corrected chi connectivity index (χ1v) is 9.11. The van der Waals surface area contributed by atoms with Gasteiger partial charge in [0, 0.05) is 35.9 Å². The highest BCUT2D eigenvalue weighted by Crippen LogP contribution is 2.13. The summed E-state index contributed by atoms with van der Waals surface area (Å²) in [4.78, 5) is 35.8. The van der Waals surface area contributed by atoms with Crippen LogP contribution in [0.3, 0.4) is 0 Å². The molecule has 1 aromatic carbocycles. The molecular formula is C18H22BrN5O3. The predicted molar refractivity (Wildman–Crippen MR) is 105 cm³/mol. The first kappa shape index (κ1) is 20.5. The summed E-state index contributed by atoms with van der Waals surface area (Å²) >= 11 is 3.29. The smallest absolute Gasteiger partial charge is 0.315 e. The van der Waals surface area contributed by atoms with E-state index in [0.717, 1.165) is 10.0 Å². The lowest BCUT2D eigenvalue weighted by Crippen LogP contribution is -2.42. The first-order chi connectivity index (χ1) is 12.8. The van der Waals surface area contributed by atoms with Crippen molar-refractivity contribution in [2.45, 2.75) is 26.4 Å². The summed E-state index contributed by atoms with van der Waals surface area (Å²) in [6.45, 7) is 4.10. The molecule has 2 rings (SSSR count). The number of hydrogen-bond acceptors (Lipinski definition) is 3. The van der Waals surface area contributed by atoms with E-state index in [1.807, 2.05) is 13.8 Å². The number of aryl methyl sites for hydroxylation is 1. The van der Waals surface area contributed by atoms with Gasteiger partial charge in [-0.25, -0.2) is 4.79 Å². The van der Waals surface area contributed by atoms with Crippen molar-refractivity contribution in [1.29, 1.82) is 0 Å². The van der Waals surface area contributed by atoms with Gasteiger partial charge in [-0.05, 0) is 53.5 Å². The third-order valence-electron chi connectivity index (χ3n) is 3.58. The minimum Gasteiger partial charge on any atom is -0.345 e. The molecule has 2 aromatic rings. The maximum absolute atomic E-state index is 12.1. The summed E-state index contributed by atoms with van der Waals surface area (Å²) < 4.78 is 2.41. The minimum absolute atomic E-state index is 0.0583. The fourth-order valence-corrected chi connectivity index (χ4v) is 2.79. The standard InChI is InChI=1S/C18H22BrN5O3/c1-11(2)21-18(27)20-9-12-4-6-13(7-5-12)16(25)22-23-17(26)15-8-14(19)10-24(15)3/h4-8,10-11H,9H2,1-3H3,(H,22,25)(H,23,26)(H2,20,21,27). The largest absolute Gasteiger partial charge is 0.345 e. The van der Waals surface area contributed by atoms with Crippen molar-refractivity contribution >= 4 is 33.8 Å². The Balaban J connectivity index is 1.85. The van der Waals surface area contributed by atoms with E-state index < -0.39 is 11.8 Å². The van der Waals surface area contributed by atoms with Gasteiger partial charge in [-0.15, -0.1) is 0 Å². The molecule has 0 aliphatic carbocycles. The molecule has 4 amide bonds. The van der Waals surface area contributed by atoms with Crippen LogP contribution in [-0.4, -0.2) is 28.5 Å². The number of aromatic nitrogens is 1. The zero-order valence-corrected chi connectivity index (χ0v) is 16.9. The molecule has 0 saturated carbocycles. The molecule has 0 radical (unpaired) electrons. The molecule has 1 heterocycles. The summed E-state index contributed by atoms with van der Waals surface area (Å²) in [7, 11) is 1.73. The zero-order chi connectivity index (χ0) is 20.0. The Hall–Kier alpha value is -2.81. The summed E-state index contributed by atoms with van der Waals surface area (Å²) in [6, 6.07) is 8.18. The van der Waals surface area contributed by atoms with Crippen molar-refractivity contribution in [3.8, 4) is 0 Å². The molecule has 0 atom stereocenters. The molecule has 1 aromatic heterocycles. The number of urea groups is 1. The fraction of sp³-hybridized carbons (Fsp3) is 0.278. The van der Waals surface area contributed by atoms with Gasteiger partial charge in [-0.2, -0.15) is 0 Å². The van der Waals surface area contributed by atoms with E-state index in [1.54, 1.807) is 48.1 Å². The van der Waals surface area contributed by atoms with Crippen LogP contribution < -0.4 is 21.5 Å². The van der Waals surface area contributed by atoms with Crippen LogP contribution in [0.15, 0.2) is 41.0 Å². The van der Waals surface area contributed by atoms with Gasteiger partial charge in [-0.1, -0.05) is 12.1 Å². The lowest BCUT2D eigenvalue weighted by Gasteiger charge is -2.11. The molecule has 8 nitrogen and oxygen atoms in total. The molecule has 0 bridgehead atoms. The molecule has 0 saturated heterocycles. The van der Waals surface area contributed by atoms with Gasteiger partial charge in [0.2, 0.25) is 0 Å². The Bertz CT molecular complexity index is 830. The molecule has 0 aliphatic rings. The molecular weight excluding hydrogens is 414 g/mol. The summed E-state index contributed by atoms with van der Waals surface area (Å²) in [6.07, 6.45) is 1.74. The molecule has 4 N–H and O–H groups in total. The van der Waals surface area contributed by atoms with Crippen LogP contribution >= 0.6 is 15.9 Å². The van der Waals surface area contributed by atoms with E-state index in [-0.39, 0.29) is 12.1 Å². The van der Waals surface area contributed by atoms with Crippen molar-refractivity contribution in [2.75, 3.05) is 0 Å². The highest BCUT2D eigenvalue weighted by Gasteiger charge is 2.13. The van der Waals surface area contributed by atoms with Crippen molar-refractivity contribution in [2.24, 2.45) is 7.05 Å². The van der Waals surface area contributed by atoms with Crippen molar-refractivity contribution in [3.05, 3.63) is 57.8 Å². The highest BCUT2D eigenvalue weighted by atomic mass is 79.9. The van der Waals surface area contributed by atoms with Gasteiger partial charge < -0.3 is 15.2 Å². The van der Waals surface area contributed by atoms with E-state index >= 15 is 0 Å². The van der Waals surface area contributed by atoms with Crippen LogP contribution in [0.4, 0.5) is 4.79 Å². The minimum atomic E-state index is -0.436. The lowest BCUT2D eigenvalue weighted by atomic mass is 10.1. The second kappa shape index (κ2) is 9.22. The highest BCUT2D eigenvalue weighted by molar-refractivity contribution is 9.10. The normalized spacial score (nSPS) is 10.4. The van der Waals surface area contributed by atoms with Crippen LogP contribution in [0.2, 0.25) is 0 Å². The molecule has 9 heteroatoms. The predicted octanol–water partition coefficient (Wildman–Crippen LogP) is 2.07. The van der Waals surface area contributed by atoms with E-state index in [2.05, 4.69) is 37.4 Å². The van der Waals surface area contributed by atoms with E-state index in [9.17, 15) is 14.4 Å². The molecule has 0 aliphatic heterocycles. The van der Waals surface area contributed by atoms with Gasteiger partial charge in [0.15, 0.2) is 0 Å². The molecule has 27 heavy (non-hydrogen) atoms. The number of carbonyl (C=O) groups excluding carboxylic acids is 3. The molecule has 144 valence electrons. The van der Waals surface area contributed by atoms with Gasteiger partial charge in [-0.3, -0.25) is 20.4 Å². The quantitative estimate of drug-likeness (QED) is 0.540. The second-order valence-electron chi connectivity index (χ2n) is 6.24. The molecule has 0 spiro atoms. The summed E-state index contributed by atoms with van der Waals surface area (Å²) in [5, 5.41) is 5.46. The number of rotatable bonds is 5. The molecule has 0 fully saturated rings. The Morgan fingerprint density at radius 2 is 1.70 bits per heavy atom. The van der Waals surface area contributed by atoms with Crippen LogP contribution in [-0.2, 0) is 13.6 Å². The number of carbonyl (C=O) groups is 3. The van der Waals surface area contributed by atoms with Crippen LogP contribution in [0.5, 0.6) is 0 Å². The van der Waals surface area contributed by atoms with Crippen molar-refractivity contribution in [1.82, 2.24) is 26.1 Å². The van der Waals surface area contributed by atoms with Crippen LogP contribution in [0.1, 0.15) is 40.3 Å². The molecule has 0 unspecified atom stereocenters. The lowest BCUT2D eigenvalue weighted by molar-refractivity contribution is 0.0842. The Labute approximate surface area is 165 Å². The van der Waals surface area contributed by atoms with Gasteiger partial charge in [0.25, 0.3) is 11.8 Å². The van der Waals surface area contributed by atoms with E-state index in [0.29, 0.717) is 17.8 Å². The second-order valence-corrected chi connectivity index (χ2v) is 7.16. The van der Waals surface area contributed by atoms with Crippen molar-refractivity contribution in [3.63, 3.8) is 0 Å². The third kappa shape index (κ3) is 6.14. The first-order valence-electron chi connectivity index (χ1n) is 8.32. The maximum atomic E-state index is 12.1. The number of nitrogens with one attached hydrogen (secondary N) is 4. The summed E-state index contributed by atoms with van der Waals surface area (Å²) in [5.41, 5.74) is 6.40. The van der Waals surface area contributed by atoms with E-state index in [1.165, 1.54) is 0 Å². The van der Waals surface area contributed by atoms with Gasteiger partial charge in [0.05, 0.1) is 0 Å². The topological polar surface area (TPSA) is 104 Å². The van der Waals surface area contributed by atoms with Crippen molar-refractivity contribution < 1.29 is 14.4 Å². The number of hydrazine groups is 1. The zero-order valence-electron chi connectivity index (χ0n) is 15.3. The van der Waals surface area contributed by atoms with Gasteiger partial charge in [0.1, 0.15) is 5.69 Å². The Morgan fingerprint density at radius 3 is 2.26 bits per heavy atom. The fourth-order valence-electron chi connectivity index (χ4n) is 2.27. The maximum Gasteiger partial charge on any atom is 0.315 e. The Kier molecular flexibility index (Phi) is 7.00. The van der Waals surface area contributed by atoms with Gasteiger partial charge >= 0.3 is 6.03 Å². The van der Waals surface area contributed by atoms with E-state index in [4.69, 9.17) is 0 Å². The number of hydrogen-bond donors (Lipinski definition) is 4. The third-order valence-corrected chi connectivity index (χ3v) is 4.02. The number of amides is 4. The monoisotopic (exact) mass is 435 g/mol. The SMILES string of the molecule is CC(C)NC(=O)NCc1ccc(C(=O)NNC(=O)c2cc(Br)cn2C)cc1. The average Bonchev–Trinajstić information content (AvgIpc) is 2.96. The summed E-state index contributed by atoms with van der Waals surface area (Å²) in [5.74, 6) is -0.859. The van der Waals surface area contributed by atoms with Crippen LogP contribution in [0.25, 0.3) is 0 Å². The number of halogens is 1. The number of nitrogens with zero attached hydrogens (tertiary/aromatic N) is 1. The average molecular weight is 436 g/mol.